The Kier molecular flexibility index (Phi) is 8.49. The fourth-order valence-corrected chi connectivity index (χ4v) is 4.28. The normalized spacial score (nSPS) is 19.4. The smallest absolute Gasteiger partial charge is 0.264 e. The summed E-state index contributed by atoms with van der Waals surface area (Å²) in [5.74, 6) is -2.61. The standard InChI is InChI=1S/C27H29F2NO7S/c1-38(33,34)30-26(32)20-7-8-21(25(28)13-20)17-36-24-12-22(14-27(29,15-24)37-10-9-31)19-3-2-4-23(11-19)35-16-18-5-6-18/h2-4,7-8,11-14,18,31H,5-6,9-10,15-17H2,1H3,(H,30,32). The van der Waals surface area contributed by atoms with Crippen LogP contribution in [0.15, 0.2) is 60.4 Å². The monoisotopic (exact) mass is 549 g/mol. The van der Waals surface area contributed by atoms with E-state index in [1.807, 2.05) is 6.07 Å². The van der Waals surface area contributed by atoms with Crippen molar-refractivity contribution in [2.75, 3.05) is 26.1 Å². The number of carbonyl (C=O) groups is 1. The maximum Gasteiger partial charge on any atom is 0.264 e. The van der Waals surface area contributed by atoms with Gasteiger partial charge in [-0.1, -0.05) is 18.2 Å². The van der Waals surface area contributed by atoms with Gasteiger partial charge >= 0.3 is 0 Å². The van der Waals surface area contributed by atoms with E-state index in [0.29, 0.717) is 29.4 Å². The van der Waals surface area contributed by atoms with Gasteiger partial charge in [0.15, 0.2) is 0 Å². The van der Waals surface area contributed by atoms with Gasteiger partial charge in [-0.15, -0.1) is 0 Å². The number of aliphatic hydroxyl groups excluding tert-OH is 1. The van der Waals surface area contributed by atoms with Crippen LogP contribution in [0.5, 0.6) is 5.75 Å². The summed E-state index contributed by atoms with van der Waals surface area (Å²) < 4.78 is 71.4. The van der Waals surface area contributed by atoms with Crippen LogP contribution in [0.2, 0.25) is 0 Å². The average Bonchev–Trinajstić information content (AvgIpc) is 3.69. The Morgan fingerprint density at radius 2 is 1.97 bits per heavy atom. The molecule has 2 aliphatic rings. The second kappa shape index (κ2) is 11.6. The maximum absolute atomic E-state index is 15.7. The van der Waals surface area contributed by atoms with Crippen LogP contribution >= 0.6 is 0 Å². The van der Waals surface area contributed by atoms with E-state index in [9.17, 15) is 17.6 Å². The third kappa shape index (κ3) is 7.86. The molecule has 1 fully saturated rings. The van der Waals surface area contributed by atoms with E-state index in [-0.39, 0.29) is 43.1 Å². The van der Waals surface area contributed by atoms with Crippen molar-refractivity contribution in [2.24, 2.45) is 5.92 Å². The number of carbonyl (C=O) groups excluding carboxylic acids is 1. The SMILES string of the molecule is CS(=O)(=O)NC(=O)c1ccc(COC2=CC(c3cccc(OCC4CC4)c3)=CC(F)(OCCO)C2)c(F)c1. The number of hydrogen-bond acceptors (Lipinski definition) is 7. The van der Waals surface area contributed by atoms with Crippen molar-refractivity contribution < 1.29 is 41.3 Å². The molecule has 0 radical (unpaired) electrons. The molecule has 1 unspecified atom stereocenters. The zero-order chi connectivity index (χ0) is 27.3. The highest BCUT2D eigenvalue weighted by molar-refractivity contribution is 7.89. The fraction of sp³-hybridized carbons (Fsp3) is 0.370. The first-order valence-corrected chi connectivity index (χ1v) is 14.0. The molecule has 1 saturated carbocycles. The van der Waals surface area contributed by atoms with Crippen LogP contribution in [0.4, 0.5) is 8.78 Å². The number of nitrogens with one attached hydrogen (secondary N) is 1. The summed E-state index contributed by atoms with van der Waals surface area (Å²) in [6.45, 7) is -0.257. The van der Waals surface area contributed by atoms with Crippen molar-refractivity contribution in [2.45, 2.75) is 31.7 Å². The minimum absolute atomic E-state index is 0.0779. The Labute approximate surface area is 220 Å². The fourth-order valence-electron chi connectivity index (χ4n) is 3.82. The molecule has 0 aliphatic heterocycles. The third-order valence-corrected chi connectivity index (χ3v) is 6.45. The Bertz CT molecular complexity index is 1350. The first-order chi connectivity index (χ1) is 18.0. The number of allylic oxidation sites excluding steroid dienone is 2. The molecule has 2 N–H and O–H groups in total. The van der Waals surface area contributed by atoms with Crippen LogP contribution < -0.4 is 9.46 Å². The van der Waals surface area contributed by atoms with E-state index in [4.69, 9.17) is 19.3 Å². The first kappa shape index (κ1) is 27.7. The molecule has 0 saturated heterocycles. The van der Waals surface area contributed by atoms with Crippen LogP contribution in [-0.4, -0.2) is 51.4 Å². The van der Waals surface area contributed by atoms with Crippen LogP contribution in [0.25, 0.3) is 5.57 Å². The van der Waals surface area contributed by atoms with Gasteiger partial charge in [-0.2, -0.15) is 0 Å². The van der Waals surface area contributed by atoms with Crippen molar-refractivity contribution in [1.29, 1.82) is 0 Å². The minimum Gasteiger partial charge on any atom is -0.493 e. The van der Waals surface area contributed by atoms with Crippen LogP contribution in [0.1, 0.15) is 40.7 Å². The summed E-state index contributed by atoms with van der Waals surface area (Å²) in [6, 6.07) is 10.7. The number of sulfonamides is 1. The lowest BCUT2D eigenvalue weighted by molar-refractivity contribution is -0.120. The lowest BCUT2D eigenvalue weighted by atomic mass is 9.95. The quantitative estimate of drug-likeness (QED) is 0.414. The highest BCUT2D eigenvalue weighted by Crippen LogP contribution is 2.37. The van der Waals surface area contributed by atoms with Crippen molar-refractivity contribution >= 4 is 21.5 Å². The highest BCUT2D eigenvalue weighted by atomic mass is 32.2. The van der Waals surface area contributed by atoms with E-state index in [0.717, 1.165) is 25.2 Å². The average molecular weight is 550 g/mol. The summed E-state index contributed by atoms with van der Waals surface area (Å²) in [4.78, 5) is 12.0. The van der Waals surface area contributed by atoms with Gasteiger partial charge in [0.1, 0.15) is 23.9 Å². The van der Waals surface area contributed by atoms with Gasteiger partial charge in [0.05, 0.1) is 32.5 Å². The number of aliphatic hydroxyl groups is 1. The number of amides is 1. The van der Waals surface area contributed by atoms with Crippen molar-refractivity contribution in [3.63, 3.8) is 0 Å². The lowest BCUT2D eigenvalue weighted by Crippen LogP contribution is -2.29. The first-order valence-electron chi connectivity index (χ1n) is 12.1. The number of hydrogen-bond donors (Lipinski definition) is 2. The predicted molar refractivity (Wildman–Crippen MR) is 136 cm³/mol. The zero-order valence-electron chi connectivity index (χ0n) is 20.8. The summed E-state index contributed by atoms with van der Waals surface area (Å²) in [5, 5.41) is 9.13. The highest BCUT2D eigenvalue weighted by Gasteiger charge is 2.34. The molecule has 4 rings (SSSR count). The van der Waals surface area contributed by atoms with E-state index < -0.39 is 27.6 Å². The van der Waals surface area contributed by atoms with Gasteiger partial charge in [-0.05, 0) is 66.3 Å². The summed E-state index contributed by atoms with van der Waals surface area (Å²) in [6.07, 6.45) is 5.76. The number of alkyl halides is 1. The van der Waals surface area contributed by atoms with E-state index in [2.05, 4.69) is 0 Å². The topological polar surface area (TPSA) is 111 Å². The molecule has 11 heteroatoms. The molecule has 0 bridgehead atoms. The van der Waals surface area contributed by atoms with Gasteiger partial charge in [0.2, 0.25) is 15.9 Å². The van der Waals surface area contributed by atoms with Gasteiger partial charge in [-0.25, -0.2) is 21.9 Å². The molecule has 0 heterocycles. The molecule has 2 aliphatic carbocycles. The Balaban J connectivity index is 1.51. The van der Waals surface area contributed by atoms with Gasteiger partial charge in [-0.3, -0.25) is 4.79 Å². The number of halogens is 2. The number of ether oxygens (including phenoxy) is 3. The molecule has 38 heavy (non-hydrogen) atoms. The summed E-state index contributed by atoms with van der Waals surface area (Å²) >= 11 is 0. The van der Waals surface area contributed by atoms with Gasteiger partial charge in [0.25, 0.3) is 5.91 Å². The zero-order valence-corrected chi connectivity index (χ0v) is 21.6. The van der Waals surface area contributed by atoms with Crippen molar-refractivity contribution in [3.05, 3.63) is 82.9 Å². The maximum atomic E-state index is 15.7. The van der Waals surface area contributed by atoms with Gasteiger partial charge < -0.3 is 19.3 Å². The Morgan fingerprint density at radius 1 is 1.18 bits per heavy atom. The van der Waals surface area contributed by atoms with E-state index in [1.165, 1.54) is 18.2 Å². The van der Waals surface area contributed by atoms with Gasteiger partial charge in [0, 0.05) is 11.1 Å². The molecular weight excluding hydrogens is 520 g/mol. The molecule has 204 valence electrons. The number of benzene rings is 2. The largest absolute Gasteiger partial charge is 0.493 e. The van der Waals surface area contributed by atoms with Crippen LogP contribution in [0, 0.1) is 11.7 Å². The molecule has 1 atom stereocenters. The van der Waals surface area contributed by atoms with Crippen molar-refractivity contribution in [3.8, 4) is 5.75 Å². The molecule has 0 aromatic heterocycles. The predicted octanol–water partition coefficient (Wildman–Crippen LogP) is 3.87. The Morgan fingerprint density at radius 3 is 2.66 bits per heavy atom. The van der Waals surface area contributed by atoms with Crippen molar-refractivity contribution in [1.82, 2.24) is 4.72 Å². The summed E-state index contributed by atoms with van der Waals surface area (Å²) in [7, 11) is -3.80. The molecule has 2 aromatic rings. The van der Waals surface area contributed by atoms with Crippen LogP contribution in [0.3, 0.4) is 0 Å². The second-order valence-electron chi connectivity index (χ2n) is 9.33. The molecular formula is C27H29F2NO7S. The Hall–Kier alpha value is -3.28. The molecule has 8 nitrogen and oxygen atoms in total. The van der Waals surface area contributed by atoms with Crippen LogP contribution in [-0.2, 0) is 26.1 Å². The van der Waals surface area contributed by atoms with E-state index in [1.54, 1.807) is 29.0 Å². The molecule has 0 spiro atoms. The molecule has 1 amide bonds. The third-order valence-electron chi connectivity index (χ3n) is 5.89. The summed E-state index contributed by atoms with van der Waals surface area (Å²) in [5.41, 5.74) is 1.04. The minimum atomic E-state index is -3.80. The second-order valence-corrected chi connectivity index (χ2v) is 11.1. The molecule has 2 aromatic carbocycles. The lowest BCUT2D eigenvalue weighted by Gasteiger charge is -2.28. The number of rotatable bonds is 12. The van der Waals surface area contributed by atoms with E-state index >= 15 is 4.39 Å².